The first-order valence-electron chi connectivity index (χ1n) is 7.37. The fraction of sp³-hybridized carbons (Fsp3) is 0.368. The van der Waals surface area contributed by atoms with Gasteiger partial charge in [-0.2, -0.15) is 0 Å². The molecule has 1 heteroatoms. The molecule has 0 fully saturated rings. The number of nitrogens with one attached hydrogen (secondary N) is 1. The second-order valence-corrected chi connectivity index (χ2v) is 5.89. The minimum absolute atomic E-state index is 0.350. The van der Waals surface area contributed by atoms with Crippen molar-refractivity contribution in [2.45, 2.75) is 46.7 Å². The van der Waals surface area contributed by atoms with Crippen LogP contribution >= 0.6 is 0 Å². The van der Waals surface area contributed by atoms with Gasteiger partial charge in [0.05, 0.1) is 0 Å². The van der Waals surface area contributed by atoms with Crippen LogP contribution in [0.15, 0.2) is 42.5 Å². The quantitative estimate of drug-likeness (QED) is 0.819. The average molecular weight is 267 g/mol. The van der Waals surface area contributed by atoms with Crippen molar-refractivity contribution < 1.29 is 0 Å². The zero-order chi connectivity index (χ0) is 14.7. The Kier molecular flexibility index (Phi) is 4.61. The number of hydrogen-bond donors (Lipinski definition) is 1. The van der Waals surface area contributed by atoms with Gasteiger partial charge in [-0.1, -0.05) is 53.6 Å². The lowest BCUT2D eigenvalue weighted by Gasteiger charge is -2.22. The van der Waals surface area contributed by atoms with Crippen molar-refractivity contribution in [3.05, 3.63) is 70.3 Å². The SMILES string of the molecule is Cc1cc(C)cc(C(C)N[C@H](C)c2ccccc2C)c1. The van der Waals surface area contributed by atoms with Crippen LogP contribution in [0.5, 0.6) is 0 Å². The summed E-state index contributed by atoms with van der Waals surface area (Å²) in [6.45, 7) is 11.0. The normalized spacial score (nSPS) is 14.1. The maximum Gasteiger partial charge on any atom is 0.0300 e. The number of aryl methyl sites for hydroxylation is 3. The highest BCUT2D eigenvalue weighted by Gasteiger charge is 2.13. The standard InChI is InChI=1S/C19H25N/c1-13-10-14(2)12-18(11-13)16(4)20-17(5)19-9-7-6-8-15(19)3/h6-12,16-17,20H,1-5H3/t16?,17-/m1/s1. The zero-order valence-corrected chi connectivity index (χ0v) is 13.2. The van der Waals surface area contributed by atoms with Crippen LogP contribution in [0.3, 0.4) is 0 Å². The van der Waals surface area contributed by atoms with Crippen molar-refractivity contribution in [1.29, 1.82) is 0 Å². The first kappa shape index (κ1) is 14.8. The third-order valence-electron chi connectivity index (χ3n) is 3.90. The Balaban J connectivity index is 2.15. The molecule has 106 valence electrons. The van der Waals surface area contributed by atoms with Crippen molar-refractivity contribution in [3.8, 4) is 0 Å². The molecule has 0 amide bonds. The molecule has 0 aliphatic carbocycles. The molecular weight excluding hydrogens is 242 g/mol. The molecule has 0 spiro atoms. The van der Waals surface area contributed by atoms with E-state index in [1.165, 1.54) is 27.8 Å². The summed E-state index contributed by atoms with van der Waals surface area (Å²) in [7, 11) is 0. The van der Waals surface area contributed by atoms with E-state index in [4.69, 9.17) is 0 Å². The molecule has 1 N–H and O–H groups in total. The zero-order valence-electron chi connectivity index (χ0n) is 13.2. The summed E-state index contributed by atoms with van der Waals surface area (Å²) in [5.74, 6) is 0. The van der Waals surface area contributed by atoms with Gasteiger partial charge in [-0.25, -0.2) is 0 Å². The summed E-state index contributed by atoms with van der Waals surface area (Å²) in [5.41, 5.74) is 6.75. The van der Waals surface area contributed by atoms with E-state index < -0.39 is 0 Å². The minimum atomic E-state index is 0.350. The van der Waals surface area contributed by atoms with Gasteiger partial charge in [-0.05, 0) is 51.3 Å². The van der Waals surface area contributed by atoms with Crippen LogP contribution in [0.2, 0.25) is 0 Å². The molecule has 2 rings (SSSR count). The van der Waals surface area contributed by atoms with E-state index >= 15 is 0 Å². The Morgan fingerprint density at radius 2 is 1.40 bits per heavy atom. The highest BCUT2D eigenvalue weighted by atomic mass is 14.9. The molecule has 0 saturated carbocycles. The smallest absolute Gasteiger partial charge is 0.0300 e. The topological polar surface area (TPSA) is 12.0 Å². The minimum Gasteiger partial charge on any atom is -0.304 e. The molecule has 0 aromatic heterocycles. The molecule has 0 aliphatic rings. The Labute approximate surface area is 123 Å². The second-order valence-electron chi connectivity index (χ2n) is 5.89. The monoisotopic (exact) mass is 267 g/mol. The van der Waals surface area contributed by atoms with Crippen molar-refractivity contribution in [3.63, 3.8) is 0 Å². The van der Waals surface area contributed by atoms with Gasteiger partial charge in [-0.15, -0.1) is 0 Å². The first-order chi connectivity index (χ1) is 9.47. The fourth-order valence-electron chi connectivity index (χ4n) is 2.89. The lowest BCUT2D eigenvalue weighted by atomic mass is 9.99. The molecule has 1 unspecified atom stereocenters. The number of rotatable bonds is 4. The van der Waals surface area contributed by atoms with Gasteiger partial charge in [0.1, 0.15) is 0 Å². The summed E-state index contributed by atoms with van der Waals surface area (Å²) >= 11 is 0. The van der Waals surface area contributed by atoms with Crippen molar-refractivity contribution in [2.75, 3.05) is 0 Å². The van der Waals surface area contributed by atoms with Crippen molar-refractivity contribution in [1.82, 2.24) is 5.32 Å². The van der Waals surface area contributed by atoms with E-state index in [0.29, 0.717) is 12.1 Å². The Hall–Kier alpha value is -1.60. The van der Waals surface area contributed by atoms with Crippen LogP contribution < -0.4 is 5.32 Å². The fourth-order valence-corrected chi connectivity index (χ4v) is 2.89. The molecule has 0 saturated heterocycles. The van der Waals surface area contributed by atoms with Gasteiger partial charge in [0.25, 0.3) is 0 Å². The Morgan fingerprint density at radius 1 is 0.800 bits per heavy atom. The highest BCUT2D eigenvalue weighted by Crippen LogP contribution is 2.23. The lowest BCUT2D eigenvalue weighted by molar-refractivity contribution is 0.493. The number of hydrogen-bond acceptors (Lipinski definition) is 1. The van der Waals surface area contributed by atoms with Gasteiger partial charge in [0.2, 0.25) is 0 Å². The molecule has 0 bridgehead atoms. The first-order valence-corrected chi connectivity index (χ1v) is 7.37. The second kappa shape index (κ2) is 6.23. The Bertz CT molecular complexity index is 566. The predicted octanol–water partition coefficient (Wildman–Crippen LogP) is 5.02. The summed E-state index contributed by atoms with van der Waals surface area (Å²) < 4.78 is 0. The van der Waals surface area contributed by atoms with E-state index in [9.17, 15) is 0 Å². The summed E-state index contributed by atoms with van der Waals surface area (Å²) in [6.07, 6.45) is 0. The maximum absolute atomic E-state index is 3.71. The third-order valence-corrected chi connectivity index (χ3v) is 3.90. The van der Waals surface area contributed by atoms with Crippen LogP contribution in [0.1, 0.15) is 53.7 Å². The maximum atomic E-state index is 3.71. The van der Waals surface area contributed by atoms with Gasteiger partial charge in [0, 0.05) is 12.1 Å². The van der Waals surface area contributed by atoms with Crippen LogP contribution in [0, 0.1) is 20.8 Å². The van der Waals surface area contributed by atoms with Gasteiger partial charge in [-0.3, -0.25) is 0 Å². The summed E-state index contributed by atoms with van der Waals surface area (Å²) in [4.78, 5) is 0. The van der Waals surface area contributed by atoms with Crippen LogP contribution in [0.25, 0.3) is 0 Å². The molecule has 2 aromatic carbocycles. The molecule has 0 heterocycles. The van der Waals surface area contributed by atoms with E-state index in [1.807, 2.05) is 0 Å². The summed E-state index contributed by atoms with van der Waals surface area (Å²) in [5, 5.41) is 3.71. The largest absolute Gasteiger partial charge is 0.304 e. The Morgan fingerprint density at radius 3 is 2.00 bits per heavy atom. The van der Waals surface area contributed by atoms with E-state index in [1.54, 1.807) is 0 Å². The number of benzene rings is 2. The predicted molar refractivity (Wildman–Crippen MR) is 87.1 cm³/mol. The van der Waals surface area contributed by atoms with Crippen LogP contribution in [0.4, 0.5) is 0 Å². The van der Waals surface area contributed by atoms with Crippen LogP contribution in [-0.4, -0.2) is 0 Å². The van der Waals surface area contributed by atoms with E-state index in [0.717, 1.165) is 0 Å². The molecule has 1 nitrogen and oxygen atoms in total. The lowest BCUT2D eigenvalue weighted by Crippen LogP contribution is -2.23. The van der Waals surface area contributed by atoms with Crippen molar-refractivity contribution >= 4 is 0 Å². The molecule has 0 radical (unpaired) electrons. The molecule has 20 heavy (non-hydrogen) atoms. The van der Waals surface area contributed by atoms with Gasteiger partial charge < -0.3 is 5.32 Å². The molecular formula is C19H25N. The third kappa shape index (κ3) is 3.49. The molecule has 2 atom stereocenters. The molecule has 0 aliphatic heterocycles. The summed E-state index contributed by atoms with van der Waals surface area (Å²) in [6, 6.07) is 16.1. The van der Waals surface area contributed by atoms with Gasteiger partial charge >= 0.3 is 0 Å². The van der Waals surface area contributed by atoms with Crippen molar-refractivity contribution in [2.24, 2.45) is 0 Å². The molecule has 2 aromatic rings. The van der Waals surface area contributed by atoms with E-state index in [-0.39, 0.29) is 0 Å². The van der Waals surface area contributed by atoms with Gasteiger partial charge in [0.15, 0.2) is 0 Å². The van der Waals surface area contributed by atoms with E-state index in [2.05, 4.69) is 82.4 Å². The average Bonchev–Trinajstić information content (AvgIpc) is 2.37. The van der Waals surface area contributed by atoms with Crippen LogP contribution in [-0.2, 0) is 0 Å². The highest BCUT2D eigenvalue weighted by molar-refractivity contribution is 5.32.